The quantitative estimate of drug-likeness (QED) is 0.739. The van der Waals surface area contributed by atoms with Crippen LogP contribution in [0, 0.1) is 0 Å². The monoisotopic (exact) mass is 206 g/mol. The van der Waals surface area contributed by atoms with Crippen LogP contribution in [-0.2, 0) is 5.75 Å². The van der Waals surface area contributed by atoms with Crippen LogP contribution in [0.2, 0.25) is 0 Å². The van der Waals surface area contributed by atoms with Crippen LogP contribution in [0.3, 0.4) is 0 Å². The number of hydrogen-bond acceptors (Lipinski definition) is 2. The second-order valence-electron chi connectivity index (χ2n) is 1.64. The van der Waals surface area contributed by atoms with Gasteiger partial charge in [0.1, 0.15) is 5.76 Å². The third-order valence-electron chi connectivity index (χ3n) is 0.915. The van der Waals surface area contributed by atoms with Gasteiger partial charge in [-0.05, 0) is 34.3 Å². The molecule has 1 aromatic heterocycles. The van der Waals surface area contributed by atoms with Crippen molar-refractivity contribution in [2.75, 3.05) is 6.26 Å². The molecule has 1 rings (SSSR count). The summed E-state index contributed by atoms with van der Waals surface area (Å²) >= 11 is 4.98. The predicted molar refractivity (Wildman–Crippen MR) is 43.6 cm³/mol. The third kappa shape index (κ3) is 2.06. The van der Waals surface area contributed by atoms with Crippen LogP contribution >= 0.6 is 27.7 Å². The third-order valence-corrected chi connectivity index (χ3v) is 1.91. The van der Waals surface area contributed by atoms with Gasteiger partial charge in [-0.25, -0.2) is 0 Å². The van der Waals surface area contributed by atoms with Crippen molar-refractivity contribution in [2.24, 2.45) is 0 Å². The average Bonchev–Trinajstić information content (AvgIpc) is 2.17. The molecule has 0 aromatic carbocycles. The highest BCUT2D eigenvalue weighted by atomic mass is 79.9. The maximum Gasteiger partial charge on any atom is 0.169 e. The largest absolute Gasteiger partial charge is 0.453 e. The fraction of sp³-hybridized carbons (Fsp3) is 0.333. The summed E-state index contributed by atoms with van der Waals surface area (Å²) in [6, 6.07) is 3.88. The average molecular weight is 207 g/mol. The standard InChI is InChI=1S/C6H7BrOS/c1-9-4-5-2-3-6(7)8-5/h2-3H,4H2,1H3. The second-order valence-corrected chi connectivity index (χ2v) is 3.29. The Hall–Kier alpha value is 0.110. The Morgan fingerprint density at radius 1 is 1.67 bits per heavy atom. The molecule has 0 N–H and O–H groups in total. The zero-order valence-electron chi connectivity index (χ0n) is 5.06. The van der Waals surface area contributed by atoms with Crippen molar-refractivity contribution in [2.45, 2.75) is 5.75 Å². The molecule has 0 aliphatic rings. The van der Waals surface area contributed by atoms with Crippen LogP contribution in [0.15, 0.2) is 21.2 Å². The lowest BCUT2D eigenvalue weighted by Gasteiger charge is -1.87. The van der Waals surface area contributed by atoms with Gasteiger partial charge in [0.2, 0.25) is 0 Å². The van der Waals surface area contributed by atoms with E-state index in [1.165, 1.54) is 0 Å². The molecule has 0 fully saturated rings. The van der Waals surface area contributed by atoms with Crippen molar-refractivity contribution in [3.05, 3.63) is 22.6 Å². The number of thioether (sulfide) groups is 1. The maximum absolute atomic E-state index is 5.22. The van der Waals surface area contributed by atoms with Crippen molar-refractivity contribution >= 4 is 27.7 Å². The lowest BCUT2D eigenvalue weighted by atomic mass is 10.5. The number of rotatable bonds is 2. The zero-order chi connectivity index (χ0) is 6.69. The summed E-state index contributed by atoms with van der Waals surface area (Å²) in [5.41, 5.74) is 0. The summed E-state index contributed by atoms with van der Waals surface area (Å²) in [6.45, 7) is 0. The number of furan rings is 1. The Bertz CT molecular complexity index is 185. The van der Waals surface area contributed by atoms with E-state index in [-0.39, 0.29) is 0 Å². The number of halogens is 1. The Morgan fingerprint density at radius 3 is 2.89 bits per heavy atom. The van der Waals surface area contributed by atoms with Crippen molar-refractivity contribution in [1.82, 2.24) is 0 Å². The summed E-state index contributed by atoms with van der Waals surface area (Å²) in [4.78, 5) is 0. The molecule has 0 aliphatic heterocycles. The molecule has 0 saturated heterocycles. The molecular formula is C6H7BrOS. The Labute approximate surface area is 66.9 Å². The van der Waals surface area contributed by atoms with Crippen LogP contribution < -0.4 is 0 Å². The molecule has 0 aliphatic carbocycles. The topological polar surface area (TPSA) is 13.1 Å². The van der Waals surface area contributed by atoms with Crippen molar-refractivity contribution in [3.63, 3.8) is 0 Å². The van der Waals surface area contributed by atoms with Crippen molar-refractivity contribution in [3.8, 4) is 0 Å². The molecule has 0 bridgehead atoms. The Morgan fingerprint density at radius 2 is 2.44 bits per heavy atom. The van der Waals surface area contributed by atoms with E-state index >= 15 is 0 Å². The summed E-state index contributed by atoms with van der Waals surface area (Å²) < 4.78 is 6.03. The van der Waals surface area contributed by atoms with Gasteiger partial charge in [0.15, 0.2) is 4.67 Å². The van der Waals surface area contributed by atoms with Gasteiger partial charge in [-0.3, -0.25) is 0 Å². The van der Waals surface area contributed by atoms with Crippen LogP contribution in [0.4, 0.5) is 0 Å². The molecule has 1 heterocycles. The maximum atomic E-state index is 5.22. The SMILES string of the molecule is CSCc1ccc(Br)o1. The minimum absolute atomic E-state index is 0.812. The molecule has 50 valence electrons. The van der Waals surface area contributed by atoms with Crippen LogP contribution in [-0.4, -0.2) is 6.26 Å². The fourth-order valence-electron chi connectivity index (χ4n) is 0.572. The smallest absolute Gasteiger partial charge is 0.169 e. The van der Waals surface area contributed by atoms with E-state index < -0.39 is 0 Å². The van der Waals surface area contributed by atoms with E-state index in [2.05, 4.69) is 22.2 Å². The van der Waals surface area contributed by atoms with E-state index in [9.17, 15) is 0 Å². The molecule has 1 nitrogen and oxygen atoms in total. The van der Waals surface area contributed by atoms with E-state index in [1.807, 2.05) is 12.1 Å². The van der Waals surface area contributed by atoms with Crippen LogP contribution in [0.1, 0.15) is 5.76 Å². The van der Waals surface area contributed by atoms with Gasteiger partial charge < -0.3 is 4.42 Å². The van der Waals surface area contributed by atoms with Gasteiger partial charge in [0, 0.05) is 0 Å². The second kappa shape index (κ2) is 3.32. The molecule has 0 saturated carbocycles. The van der Waals surface area contributed by atoms with E-state index in [0.29, 0.717) is 0 Å². The Kier molecular flexibility index (Phi) is 2.66. The summed E-state index contributed by atoms with van der Waals surface area (Å²) in [6.07, 6.45) is 2.05. The molecule has 1 aromatic rings. The van der Waals surface area contributed by atoms with Gasteiger partial charge in [-0.2, -0.15) is 11.8 Å². The molecular weight excluding hydrogens is 200 g/mol. The van der Waals surface area contributed by atoms with E-state index in [4.69, 9.17) is 4.42 Å². The van der Waals surface area contributed by atoms with Gasteiger partial charge in [0.25, 0.3) is 0 Å². The fourth-order valence-corrected chi connectivity index (χ4v) is 1.35. The highest BCUT2D eigenvalue weighted by Gasteiger charge is 1.95. The summed E-state index contributed by atoms with van der Waals surface area (Å²) in [7, 11) is 0. The Balaban J connectivity index is 2.61. The lowest BCUT2D eigenvalue weighted by Crippen LogP contribution is -1.68. The minimum Gasteiger partial charge on any atom is -0.453 e. The minimum atomic E-state index is 0.812. The molecule has 0 spiro atoms. The highest BCUT2D eigenvalue weighted by molar-refractivity contribution is 9.10. The van der Waals surface area contributed by atoms with Crippen molar-refractivity contribution < 1.29 is 4.42 Å². The summed E-state index contributed by atoms with van der Waals surface area (Å²) in [5, 5.41) is 0. The van der Waals surface area contributed by atoms with E-state index in [0.717, 1.165) is 16.2 Å². The van der Waals surface area contributed by atoms with Crippen LogP contribution in [0.25, 0.3) is 0 Å². The molecule has 0 amide bonds. The highest BCUT2D eigenvalue weighted by Crippen LogP contribution is 2.17. The van der Waals surface area contributed by atoms with E-state index in [1.54, 1.807) is 11.8 Å². The number of hydrogen-bond donors (Lipinski definition) is 0. The van der Waals surface area contributed by atoms with Crippen molar-refractivity contribution in [1.29, 1.82) is 0 Å². The molecule has 0 radical (unpaired) electrons. The van der Waals surface area contributed by atoms with Gasteiger partial charge in [-0.1, -0.05) is 0 Å². The lowest BCUT2D eigenvalue weighted by molar-refractivity contribution is 0.507. The predicted octanol–water partition coefficient (Wildman–Crippen LogP) is 2.91. The molecule has 9 heavy (non-hydrogen) atoms. The first kappa shape index (κ1) is 7.22. The first-order chi connectivity index (χ1) is 4.33. The van der Waals surface area contributed by atoms with Crippen LogP contribution in [0.5, 0.6) is 0 Å². The first-order valence-electron chi connectivity index (χ1n) is 2.56. The van der Waals surface area contributed by atoms with Gasteiger partial charge >= 0.3 is 0 Å². The molecule has 3 heteroatoms. The zero-order valence-corrected chi connectivity index (χ0v) is 7.46. The van der Waals surface area contributed by atoms with Gasteiger partial charge in [-0.15, -0.1) is 0 Å². The molecule has 0 atom stereocenters. The summed E-state index contributed by atoms with van der Waals surface area (Å²) in [5.74, 6) is 1.97. The normalized spacial score (nSPS) is 10.0. The first-order valence-corrected chi connectivity index (χ1v) is 4.75. The molecule has 0 unspecified atom stereocenters. The van der Waals surface area contributed by atoms with Gasteiger partial charge in [0.05, 0.1) is 5.75 Å².